The molecule has 2 fully saturated rings. The summed E-state index contributed by atoms with van der Waals surface area (Å²) in [5, 5.41) is 15.7. The number of benzene rings is 1. The van der Waals surface area contributed by atoms with Gasteiger partial charge in [-0.25, -0.2) is 0 Å². The van der Waals surface area contributed by atoms with E-state index in [9.17, 15) is 23.0 Å². The van der Waals surface area contributed by atoms with Crippen LogP contribution < -0.4 is 10.6 Å². The molecule has 35 heavy (non-hydrogen) atoms. The van der Waals surface area contributed by atoms with Gasteiger partial charge in [0.2, 0.25) is 0 Å². The maximum absolute atomic E-state index is 14.1. The van der Waals surface area contributed by atoms with E-state index in [2.05, 4.69) is 10.6 Å². The number of halogens is 1. The van der Waals surface area contributed by atoms with Crippen LogP contribution in [-0.2, 0) is 28.4 Å². The predicted octanol–water partition coefficient (Wildman–Crippen LogP) is -0.427. The summed E-state index contributed by atoms with van der Waals surface area (Å²) in [7, 11) is 1.73. The van der Waals surface area contributed by atoms with Crippen molar-refractivity contribution in [3.8, 4) is 0 Å². The minimum absolute atomic E-state index is 0.163. The number of hydrogen-bond acceptors (Lipinski definition) is 9. The minimum atomic E-state index is -3.93. The monoisotopic (exact) mass is 524 g/mol. The van der Waals surface area contributed by atoms with E-state index in [0.717, 1.165) is 11.3 Å². The highest BCUT2D eigenvalue weighted by Crippen LogP contribution is 2.17. The lowest BCUT2D eigenvalue weighted by molar-refractivity contribution is -0.143. The number of thiocarbonyl (C=S) groups is 1. The van der Waals surface area contributed by atoms with Gasteiger partial charge in [-0.3, -0.25) is 29.1 Å². The van der Waals surface area contributed by atoms with E-state index in [0.29, 0.717) is 44.3 Å². The first-order chi connectivity index (χ1) is 16.7. The van der Waals surface area contributed by atoms with Gasteiger partial charge in [-0.15, -0.1) is 0 Å². The van der Waals surface area contributed by atoms with Crippen molar-refractivity contribution in [2.75, 3.05) is 64.7 Å². The van der Waals surface area contributed by atoms with Crippen molar-refractivity contribution in [3.63, 3.8) is 0 Å². The molecular weight excluding hydrogens is 495 g/mol. The third-order valence-electron chi connectivity index (χ3n) is 5.82. The van der Waals surface area contributed by atoms with E-state index in [-0.39, 0.29) is 25.7 Å². The highest BCUT2D eigenvalue weighted by Gasteiger charge is 2.43. The fourth-order valence-corrected chi connectivity index (χ4v) is 4.82. The lowest BCUT2D eigenvalue weighted by Crippen LogP contribution is -2.48. The zero-order valence-electron chi connectivity index (χ0n) is 19.4. The third kappa shape index (κ3) is 8.99. The number of aliphatic carboxylic acids is 1. The number of rotatable bonds is 5. The average molecular weight is 525 g/mol. The molecule has 0 aromatic heterocycles. The van der Waals surface area contributed by atoms with Gasteiger partial charge in [-0.1, -0.05) is 12.1 Å². The molecule has 3 atom stereocenters. The van der Waals surface area contributed by atoms with Crippen molar-refractivity contribution >= 4 is 56.2 Å². The summed E-state index contributed by atoms with van der Waals surface area (Å²) in [6.45, 7) is 1.45. The first-order valence-corrected chi connectivity index (χ1v) is 13.0. The minimum Gasteiger partial charge on any atom is -0.558 e. The Morgan fingerprint density at radius 1 is 1.14 bits per heavy atom. The van der Waals surface area contributed by atoms with Crippen molar-refractivity contribution in [1.82, 2.24) is 20.0 Å². The number of hydrogen-bond donors (Lipinski definition) is 3. The Balaban J connectivity index is 1.85. The summed E-state index contributed by atoms with van der Waals surface area (Å²) in [6.07, 6.45) is 0.547. The number of anilines is 1. The maximum atomic E-state index is 14.1. The van der Waals surface area contributed by atoms with E-state index in [1.807, 2.05) is 34.1 Å². The van der Waals surface area contributed by atoms with Crippen LogP contribution in [0.1, 0.15) is 5.56 Å². The molecule has 3 rings (SSSR count). The molecule has 1 aromatic rings. The van der Waals surface area contributed by atoms with Crippen molar-refractivity contribution in [2.24, 2.45) is 0 Å². The number of carboxylic acids is 1. The molecule has 3 unspecified atom stereocenters. The van der Waals surface area contributed by atoms with Crippen LogP contribution in [0.3, 0.4) is 0 Å². The summed E-state index contributed by atoms with van der Waals surface area (Å²) in [5.41, 5.74) is 1.81. The van der Waals surface area contributed by atoms with Crippen LogP contribution >= 0.6 is 12.2 Å². The molecular formula is C21H29AlFN5O6S. The maximum Gasteiger partial charge on any atom is 1.15 e. The molecule has 2 bridgehead atoms. The van der Waals surface area contributed by atoms with Crippen molar-refractivity contribution in [3.05, 3.63) is 29.8 Å². The fourth-order valence-electron chi connectivity index (χ4n) is 4.09. The number of carbonyl (C=O) groups excluding carboxylic acids is 2. The Morgan fingerprint density at radius 3 is 2.46 bits per heavy atom. The van der Waals surface area contributed by atoms with Crippen LogP contribution in [-0.4, -0.2) is 124 Å². The van der Waals surface area contributed by atoms with Gasteiger partial charge >= 0.3 is 21.2 Å². The van der Waals surface area contributed by atoms with Gasteiger partial charge in [0.25, 0.3) is 11.9 Å². The molecule has 11 nitrogen and oxygen atoms in total. The zero-order valence-corrected chi connectivity index (χ0v) is 21.4. The summed E-state index contributed by atoms with van der Waals surface area (Å²) in [5.74, 6) is -2.57. The Labute approximate surface area is 213 Å². The van der Waals surface area contributed by atoms with Gasteiger partial charge in [0.15, 0.2) is 5.11 Å². The van der Waals surface area contributed by atoms with Gasteiger partial charge in [0.1, 0.15) is 0 Å². The number of nitrogens with one attached hydrogen (secondary N) is 2. The first-order valence-electron chi connectivity index (χ1n) is 11.2. The Kier molecular flexibility index (Phi) is 10.2. The molecule has 2 aliphatic rings. The SMILES string of the molecule is CNC(=S)Nc1ccc(CC2CN3CCN(CC(=O)O)CCN2CC(=O)[O][Al]([18F])[O]C(=O)C3)cc1. The van der Waals surface area contributed by atoms with Gasteiger partial charge in [-0.2, -0.15) is 0 Å². The second-order valence-corrected chi connectivity index (χ2v) is 9.82. The molecule has 0 radical (unpaired) electrons. The molecule has 2 saturated heterocycles. The number of nitrogens with zero attached hydrogens (tertiary/aromatic N) is 3. The molecule has 2 aliphatic heterocycles. The highest BCUT2D eigenvalue weighted by molar-refractivity contribution is 7.80. The van der Waals surface area contributed by atoms with Gasteiger partial charge in [0, 0.05) is 51.5 Å². The Bertz CT molecular complexity index is 926. The third-order valence-corrected chi connectivity index (χ3v) is 7.03. The normalized spacial score (nSPS) is 24.2. The second kappa shape index (κ2) is 13.1. The van der Waals surface area contributed by atoms with Gasteiger partial charge in [-0.05, 0) is 36.3 Å². The van der Waals surface area contributed by atoms with Gasteiger partial charge in [0.05, 0.1) is 19.6 Å². The first kappa shape index (κ1) is 27.3. The quantitative estimate of drug-likeness (QED) is 0.342. The van der Waals surface area contributed by atoms with E-state index >= 15 is 0 Å². The standard InChI is InChI=1S/C21H31N5O6S.Al.FH/c1-22-21(33)23-16-4-2-15(3-5-16)10-17-11-25(13-19(29)30)7-6-24(12-18(27)28)8-9-26(17)14-20(31)32;;/h2-5,17H,6-14H2,1H3,(H,27,28)(H,29,30)(H,31,32)(H2,22,23,33);;1H/q;+3;/p-3/i;;1-1. The number of fused-ring (bicyclic) bond motifs is 3. The van der Waals surface area contributed by atoms with Crippen LogP contribution in [0, 0.1) is 0 Å². The van der Waals surface area contributed by atoms with E-state index in [1.165, 1.54) is 0 Å². The number of carboxylic acid groups (broad SMARTS) is 1. The zero-order chi connectivity index (χ0) is 25.4. The van der Waals surface area contributed by atoms with Crippen LogP contribution in [0.25, 0.3) is 0 Å². The summed E-state index contributed by atoms with van der Waals surface area (Å²) in [4.78, 5) is 41.4. The van der Waals surface area contributed by atoms with Crippen LogP contribution in [0.2, 0.25) is 0 Å². The average Bonchev–Trinajstić information content (AvgIpc) is 2.84. The molecule has 2 heterocycles. The second-order valence-electron chi connectivity index (χ2n) is 8.39. The molecule has 1 aromatic carbocycles. The molecule has 0 saturated carbocycles. The summed E-state index contributed by atoms with van der Waals surface area (Å²) < 4.78 is 23.5. The molecule has 0 amide bonds. The Hall–Kier alpha value is -2.34. The lowest BCUT2D eigenvalue weighted by Gasteiger charge is -2.33. The molecule has 14 heteroatoms. The van der Waals surface area contributed by atoms with Crippen LogP contribution in [0.15, 0.2) is 24.3 Å². The summed E-state index contributed by atoms with van der Waals surface area (Å²) >= 11 is 1.20. The predicted molar refractivity (Wildman–Crippen MR) is 130 cm³/mol. The van der Waals surface area contributed by atoms with Crippen molar-refractivity contribution in [2.45, 2.75) is 12.5 Å². The molecule has 0 spiro atoms. The van der Waals surface area contributed by atoms with E-state index < -0.39 is 33.2 Å². The van der Waals surface area contributed by atoms with E-state index in [1.54, 1.807) is 11.9 Å². The van der Waals surface area contributed by atoms with Crippen LogP contribution in [0.5, 0.6) is 0 Å². The van der Waals surface area contributed by atoms with E-state index in [4.69, 9.17) is 19.8 Å². The fraction of sp³-hybridized carbons (Fsp3) is 0.524. The summed E-state index contributed by atoms with van der Waals surface area (Å²) in [6, 6.07) is 7.46. The smallest absolute Gasteiger partial charge is 0.558 e. The van der Waals surface area contributed by atoms with Crippen molar-refractivity contribution < 1.29 is 30.6 Å². The van der Waals surface area contributed by atoms with Gasteiger partial charge < -0.3 is 26.8 Å². The lowest BCUT2D eigenvalue weighted by atomic mass is 10.0. The Morgan fingerprint density at radius 2 is 1.80 bits per heavy atom. The molecule has 3 N–H and O–H groups in total. The highest BCUT2D eigenvalue weighted by atomic mass is 32.1. The molecule has 0 aliphatic carbocycles. The topological polar surface area (TPSA) is 124 Å². The number of carbonyl (C=O) groups is 3. The van der Waals surface area contributed by atoms with Crippen LogP contribution in [0.4, 0.5) is 9.21 Å². The largest absolute Gasteiger partial charge is 1.15 e. The van der Waals surface area contributed by atoms with Crippen molar-refractivity contribution in [1.29, 1.82) is 0 Å². The molecule has 190 valence electrons.